The van der Waals surface area contributed by atoms with Crippen LogP contribution in [0.2, 0.25) is 0 Å². The minimum Gasteiger partial charge on any atom is -0.490 e. The second-order valence-electron chi connectivity index (χ2n) is 4.59. The van der Waals surface area contributed by atoms with Crippen LogP contribution in [0.4, 0.5) is 5.69 Å². The van der Waals surface area contributed by atoms with Crippen molar-refractivity contribution in [2.45, 2.75) is 11.8 Å². The van der Waals surface area contributed by atoms with Crippen molar-refractivity contribution in [3.63, 3.8) is 0 Å². The predicted octanol–water partition coefficient (Wildman–Crippen LogP) is 3.40. The van der Waals surface area contributed by atoms with Crippen LogP contribution in [0.25, 0.3) is 0 Å². The zero-order valence-electron chi connectivity index (χ0n) is 12.8. The lowest BCUT2D eigenvalue weighted by molar-refractivity contribution is -0.387. The standard InChI is InChI=1S/C15H11BrN2O6S/c1-2-23-13-8-10(9-17)7-11(16)15(13)24-25(21,22)14-6-4-3-5-12(14)18(19)20/h3-8H,2H2,1H3. The van der Waals surface area contributed by atoms with Gasteiger partial charge in [-0.1, -0.05) is 12.1 Å². The van der Waals surface area contributed by atoms with Crippen LogP contribution in [-0.2, 0) is 10.1 Å². The maximum absolute atomic E-state index is 12.5. The van der Waals surface area contributed by atoms with Crippen molar-refractivity contribution in [3.05, 3.63) is 56.5 Å². The second kappa shape index (κ2) is 7.50. The van der Waals surface area contributed by atoms with Crippen LogP contribution >= 0.6 is 15.9 Å². The van der Waals surface area contributed by atoms with E-state index in [1.807, 2.05) is 6.07 Å². The van der Waals surface area contributed by atoms with Crippen LogP contribution in [-0.4, -0.2) is 19.9 Å². The minimum absolute atomic E-state index is 0.0237. The van der Waals surface area contributed by atoms with E-state index >= 15 is 0 Å². The Balaban J connectivity index is 2.56. The molecule has 0 aliphatic heterocycles. The van der Waals surface area contributed by atoms with Gasteiger partial charge < -0.3 is 8.92 Å². The molecule has 2 aromatic carbocycles. The van der Waals surface area contributed by atoms with E-state index in [2.05, 4.69) is 15.9 Å². The molecule has 2 rings (SSSR count). The Morgan fingerprint density at radius 1 is 1.32 bits per heavy atom. The molecule has 0 radical (unpaired) electrons. The molecule has 0 saturated heterocycles. The first-order chi connectivity index (χ1) is 11.8. The van der Waals surface area contributed by atoms with Gasteiger partial charge >= 0.3 is 10.1 Å². The number of hydrogen-bond acceptors (Lipinski definition) is 7. The van der Waals surface area contributed by atoms with Crippen LogP contribution < -0.4 is 8.92 Å². The predicted molar refractivity (Wildman–Crippen MR) is 90.9 cm³/mol. The summed E-state index contributed by atoms with van der Waals surface area (Å²) in [6.07, 6.45) is 0. The topological polar surface area (TPSA) is 120 Å². The lowest BCUT2D eigenvalue weighted by Crippen LogP contribution is -2.13. The Morgan fingerprint density at radius 2 is 2.00 bits per heavy atom. The summed E-state index contributed by atoms with van der Waals surface area (Å²) in [5.74, 6) is -0.172. The number of nitrogens with zero attached hydrogens (tertiary/aromatic N) is 2. The largest absolute Gasteiger partial charge is 0.490 e. The van der Waals surface area contributed by atoms with Crippen molar-refractivity contribution in [3.8, 4) is 17.6 Å². The molecule has 8 nitrogen and oxygen atoms in total. The van der Waals surface area contributed by atoms with E-state index in [-0.39, 0.29) is 28.1 Å². The molecular formula is C15H11BrN2O6S. The van der Waals surface area contributed by atoms with Gasteiger partial charge in [0.1, 0.15) is 0 Å². The van der Waals surface area contributed by atoms with Gasteiger partial charge in [-0.2, -0.15) is 13.7 Å². The number of nitro benzene ring substituents is 1. The summed E-state index contributed by atoms with van der Waals surface area (Å²) >= 11 is 3.13. The molecular weight excluding hydrogens is 416 g/mol. The van der Waals surface area contributed by atoms with E-state index < -0.39 is 25.6 Å². The van der Waals surface area contributed by atoms with Gasteiger partial charge in [-0.3, -0.25) is 10.1 Å². The summed E-state index contributed by atoms with van der Waals surface area (Å²) in [6.45, 7) is 1.87. The SMILES string of the molecule is CCOc1cc(C#N)cc(Br)c1OS(=O)(=O)c1ccccc1[N+](=O)[O-]. The number of nitriles is 1. The molecule has 0 heterocycles. The summed E-state index contributed by atoms with van der Waals surface area (Å²) in [6, 6.07) is 9.41. The van der Waals surface area contributed by atoms with Crippen molar-refractivity contribution in [2.24, 2.45) is 0 Å². The molecule has 0 amide bonds. The summed E-state index contributed by atoms with van der Waals surface area (Å²) in [5.41, 5.74) is -0.379. The van der Waals surface area contributed by atoms with Gasteiger partial charge in [-0.05, 0) is 35.0 Å². The maximum atomic E-state index is 12.5. The average Bonchev–Trinajstić information content (AvgIpc) is 2.57. The Morgan fingerprint density at radius 3 is 2.60 bits per heavy atom. The number of ether oxygens (including phenoxy) is 1. The number of nitro groups is 1. The molecule has 0 fully saturated rings. The van der Waals surface area contributed by atoms with Gasteiger partial charge in [0, 0.05) is 12.1 Å². The Hall–Kier alpha value is -2.64. The smallest absolute Gasteiger partial charge is 0.346 e. The van der Waals surface area contributed by atoms with Gasteiger partial charge in [-0.15, -0.1) is 0 Å². The number of rotatable bonds is 6. The molecule has 0 spiro atoms. The quantitative estimate of drug-likeness (QED) is 0.394. The fourth-order valence-corrected chi connectivity index (χ4v) is 3.71. The maximum Gasteiger partial charge on any atom is 0.346 e. The lowest BCUT2D eigenvalue weighted by atomic mass is 10.2. The number of benzene rings is 2. The Kier molecular flexibility index (Phi) is 5.61. The normalized spacial score (nSPS) is 10.8. The third-order valence-corrected chi connectivity index (χ3v) is 4.82. The monoisotopic (exact) mass is 426 g/mol. The fourth-order valence-electron chi connectivity index (χ4n) is 1.95. The molecule has 0 N–H and O–H groups in total. The molecule has 0 aliphatic carbocycles. The Labute approximate surface area is 152 Å². The highest BCUT2D eigenvalue weighted by molar-refractivity contribution is 9.10. The van der Waals surface area contributed by atoms with Gasteiger partial charge in [0.2, 0.25) is 0 Å². The number of para-hydroxylation sites is 1. The molecule has 2 aromatic rings. The first-order valence-corrected chi connectivity index (χ1v) is 9.04. The average molecular weight is 427 g/mol. The zero-order valence-corrected chi connectivity index (χ0v) is 15.2. The molecule has 25 heavy (non-hydrogen) atoms. The third kappa shape index (κ3) is 4.07. The highest BCUT2D eigenvalue weighted by Gasteiger charge is 2.29. The molecule has 0 atom stereocenters. The molecule has 0 saturated carbocycles. The molecule has 0 bridgehead atoms. The van der Waals surface area contributed by atoms with Crippen molar-refractivity contribution >= 4 is 31.7 Å². The van der Waals surface area contributed by atoms with Crippen molar-refractivity contribution in [1.82, 2.24) is 0 Å². The zero-order chi connectivity index (χ0) is 18.6. The highest BCUT2D eigenvalue weighted by Crippen LogP contribution is 2.39. The molecule has 130 valence electrons. The van der Waals surface area contributed by atoms with Gasteiger partial charge in [0.05, 0.1) is 27.6 Å². The molecule has 0 aromatic heterocycles. The number of halogens is 1. The highest BCUT2D eigenvalue weighted by atomic mass is 79.9. The summed E-state index contributed by atoms with van der Waals surface area (Å²) in [7, 11) is -4.51. The van der Waals surface area contributed by atoms with Gasteiger partial charge in [0.25, 0.3) is 5.69 Å². The Bertz CT molecular complexity index is 968. The van der Waals surface area contributed by atoms with E-state index in [1.165, 1.54) is 24.3 Å². The first-order valence-electron chi connectivity index (χ1n) is 6.84. The minimum atomic E-state index is -4.51. The van der Waals surface area contributed by atoms with Crippen LogP contribution in [0.15, 0.2) is 45.8 Å². The first kappa shape index (κ1) is 18.7. The van der Waals surface area contributed by atoms with Gasteiger partial charge in [0.15, 0.2) is 16.4 Å². The van der Waals surface area contributed by atoms with Crippen LogP contribution in [0, 0.1) is 21.4 Å². The third-order valence-electron chi connectivity index (χ3n) is 2.96. The number of hydrogen-bond donors (Lipinski definition) is 0. The van der Waals surface area contributed by atoms with E-state index in [1.54, 1.807) is 6.92 Å². The van der Waals surface area contributed by atoms with E-state index in [0.717, 1.165) is 12.1 Å². The molecule has 10 heteroatoms. The van der Waals surface area contributed by atoms with E-state index in [9.17, 15) is 18.5 Å². The summed E-state index contributed by atoms with van der Waals surface area (Å²) in [5, 5.41) is 20.0. The van der Waals surface area contributed by atoms with Crippen molar-refractivity contribution < 1.29 is 22.3 Å². The molecule has 0 unspecified atom stereocenters. The van der Waals surface area contributed by atoms with Crippen molar-refractivity contribution in [2.75, 3.05) is 6.61 Å². The fraction of sp³-hybridized carbons (Fsp3) is 0.133. The lowest BCUT2D eigenvalue weighted by Gasteiger charge is -2.14. The van der Waals surface area contributed by atoms with Crippen LogP contribution in [0.5, 0.6) is 11.5 Å². The van der Waals surface area contributed by atoms with Gasteiger partial charge in [-0.25, -0.2) is 0 Å². The van der Waals surface area contributed by atoms with E-state index in [4.69, 9.17) is 14.2 Å². The summed E-state index contributed by atoms with van der Waals surface area (Å²) < 4.78 is 35.6. The van der Waals surface area contributed by atoms with Crippen LogP contribution in [0.1, 0.15) is 12.5 Å². The summed E-state index contributed by atoms with van der Waals surface area (Å²) in [4.78, 5) is 9.66. The van der Waals surface area contributed by atoms with E-state index in [0.29, 0.717) is 0 Å². The van der Waals surface area contributed by atoms with Crippen molar-refractivity contribution in [1.29, 1.82) is 5.26 Å². The second-order valence-corrected chi connectivity index (χ2v) is 6.96. The molecule has 0 aliphatic rings. The van der Waals surface area contributed by atoms with Crippen LogP contribution in [0.3, 0.4) is 0 Å².